The van der Waals surface area contributed by atoms with Crippen molar-refractivity contribution < 1.29 is 0 Å². The summed E-state index contributed by atoms with van der Waals surface area (Å²) in [5.41, 5.74) is 1.88. The van der Waals surface area contributed by atoms with Crippen LogP contribution in [0.1, 0.15) is 38.5 Å². The average Bonchev–Trinajstić information content (AvgIpc) is 2.59. The number of hydrogen-bond donors (Lipinski definition) is 0. The van der Waals surface area contributed by atoms with Crippen molar-refractivity contribution in [2.24, 2.45) is 11.8 Å². The maximum absolute atomic E-state index is 3.07. The molecule has 2 saturated carbocycles. The van der Waals surface area contributed by atoms with Crippen molar-refractivity contribution in [1.29, 1.82) is 0 Å². The van der Waals surface area contributed by atoms with E-state index < -0.39 is 0 Å². The number of hydrogen-bond acceptors (Lipinski definition) is 0. The molecule has 0 heterocycles. The molecule has 2 fully saturated rings. The molecule has 6 atom stereocenters. The minimum absolute atomic E-state index is 0.941. The first-order valence-corrected chi connectivity index (χ1v) is 6.63. The summed E-state index contributed by atoms with van der Waals surface area (Å²) in [6.07, 6.45) is 8.89. The molecule has 0 amide bonds. The summed E-state index contributed by atoms with van der Waals surface area (Å²) < 4.78 is 0. The molecular formula is C10H20P2. The van der Waals surface area contributed by atoms with Crippen molar-refractivity contribution in [2.75, 3.05) is 0 Å². The van der Waals surface area contributed by atoms with Gasteiger partial charge >= 0.3 is 0 Å². The van der Waals surface area contributed by atoms with Crippen molar-refractivity contribution in [3.63, 3.8) is 0 Å². The van der Waals surface area contributed by atoms with Gasteiger partial charge in [0.25, 0.3) is 0 Å². The van der Waals surface area contributed by atoms with Gasteiger partial charge in [0.05, 0.1) is 0 Å². The SMILES string of the molecule is P[C@@H]1CCC[C@@H]1[C@H]1CCC[C@H]1P. The quantitative estimate of drug-likeness (QED) is 0.573. The van der Waals surface area contributed by atoms with Crippen LogP contribution >= 0.6 is 18.5 Å². The second-order valence-electron chi connectivity index (χ2n) is 4.52. The Bertz CT molecular complexity index is 140. The van der Waals surface area contributed by atoms with Crippen LogP contribution in [0.2, 0.25) is 0 Å². The highest BCUT2D eigenvalue weighted by atomic mass is 31.0. The standard InChI is InChI=1S/C10H20P2/c11-9-5-1-3-7(9)8-4-2-6-10(8)12/h7-10H,1-6,11-12H2/t7-,8-,9-,10-/m1/s1. The molecule has 2 rings (SSSR count). The summed E-state index contributed by atoms with van der Waals surface area (Å²) >= 11 is 0. The fourth-order valence-corrected chi connectivity index (χ4v) is 4.53. The maximum atomic E-state index is 3.07. The van der Waals surface area contributed by atoms with E-state index in [0.29, 0.717) is 0 Å². The third kappa shape index (κ3) is 1.71. The lowest BCUT2D eigenvalue weighted by Gasteiger charge is -2.26. The van der Waals surface area contributed by atoms with Gasteiger partial charge in [-0.1, -0.05) is 12.8 Å². The molecule has 2 aliphatic carbocycles. The summed E-state index contributed by atoms with van der Waals surface area (Å²) in [5.74, 6) is 2.08. The zero-order valence-corrected chi connectivity index (χ0v) is 10.0. The topological polar surface area (TPSA) is 0 Å². The molecule has 2 aliphatic rings. The van der Waals surface area contributed by atoms with Gasteiger partial charge in [0, 0.05) is 0 Å². The van der Waals surface area contributed by atoms with Crippen molar-refractivity contribution >= 4 is 18.5 Å². The monoisotopic (exact) mass is 202 g/mol. The van der Waals surface area contributed by atoms with Crippen molar-refractivity contribution in [3.8, 4) is 0 Å². The summed E-state index contributed by atoms with van der Waals surface area (Å²) in [4.78, 5) is 0. The first-order chi connectivity index (χ1) is 5.79. The van der Waals surface area contributed by atoms with Gasteiger partial charge in [-0.25, -0.2) is 0 Å². The molecule has 0 spiro atoms. The smallest absolute Gasteiger partial charge is 0.0233 e. The molecule has 12 heavy (non-hydrogen) atoms. The summed E-state index contributed by atoms with van der Waals surface area (Å²) in [5, 5.41) is 0. The molecular weight excluding hydrogens is 182 g/mol. The van der Waals surface area contributed by atoms with Crippen LogP contribution in [0.5, 0.6) is 0 Å². The molecule has 0 nitrogen and oxygen atoms in total. The Morgan fingerprint density at radius 1 is 0.667 bits per heavy atom. The van der Waals surface area contributed by atoms with Gasteiger partial charge in [-0.3, -0.25) is 0 Å². The second-order valence-corrected chi connectivity index (χ2v) is 6.23. The van der Waals surface area contributed by atoms with E-state index in [9.17, 15) is 0 Å². The summed E-state index contributed by atoms with van der Waals surface area (Å²) in [6.45, 7) is 0. The van der Waals surface area contributed by atoms with Gasteiger partial charge in [-0.05, 0) is 48.8 Å². The van der Waals surface area contributed by atoms with Crippen LogP contribution in [0.4, 0.5) is 0 Å². The molecule has 0 N–H and O–H groups in total. The van der Waals surface area contributed by atoms with Crippen molar-refractivity contribution in [2.45, 2.75) is 49.8 Å². The van der Waals surface area contributed by atoms with Crippen molar-refractivity contribution in [3.05, 3.63) is 0 Å². The van der Waals surface area contributed by atoms with E-state index in [4.69, 9.17) is 0 Å². The zero-order valence-electron chi connectivity index (χ0n) is 7.71. The van der Waals surface area contributed by atoms with E-state index in [1.165, 1.54) is 38.5 Å². The van der Waals surface area contributed by atoms with E-state index >= 15 is 0 Å². The molecule has 70 valence electrons. The molecule has 0 aliphatic heterocycles. The van der Waals surface area contributed by atoms with E-state index in [0.717, 1.165) is 23.2 Å². The number of rotatable bonds is 1. The van der Waals surface area contributed by atoms with Crippen LogP contribution in [0.15, 0.2) is 0 Å². The van der Waals surface area contributed by atoms with E-state index in [2.05, 4.69) is 18.5 Å². The lowest BCUT2D eigenvalue weighted by molar-refractivity contribution is 0.360. The highest BCUT2D eigenvalue weighted by Crippen LogP contribution is 2.45. The Labute approximate surface area is 80.7 Å². The van der Waals surface area contributed by atoms with Crippen molar-refractivity contribution in [1.82, 2.24) is 0 Å². The minimum atomic E-state index is 0.941. The summed E-state index contributed by atoms with van der Waals surface area (Å²) in [6, 6.07) is 0. The molecule has 0 radical (unpaired) electrons. The second kappa shape index (κ2) is 3.93. The third-order valence-corrected chi connectivity index (χ3v) is 5.46. The first-order valence-electron chi connectivity index (χ1n) is 5.30. The van der Waals surface area contributed by atoms with E-state index in [-0.39, 0.29) is 0 Å². The van der Waals surface area contributed by atoms with Gasteiger partial charge in [0.1, 0.15) is 0 Å². The lowest BCUT2D eigenvalue weighted by Crippen LogP contribution is -2.22. The van der Waals surface area contributed by atoms with E-state index in [1.54, 1.807) is 0 Å². The largest absolute Gasteiger partial charge is 0.134 e. The zero-order chi connectivity index (χ0) is 8.55. The van der Waals surface area contributed by atoms with Gasteiger partial charge in [-0.2, -0.15) is 0 Å². The Morgan fingerprint density at radius 3 is 1.33 bits per heavy atom. The Kier molecular flexibility index (Phi) is 3.09. The van der Waals surface area contributed by atoms with Crippen LogP contribution in [0.25, 0.3) is 0 Å². The fourth-order valence-electron chi connectivity index (χ4n) is 3.10. The Morgan fingerprint density at radius 2 is 1.08 bits per heavy atom. The fraction of sp³-hybridized carbons (Fsp3) is 1.00. The third-order valence-electron chi connectivity index (χ3n) is 3.80. The predicted molar refractivity (Wildman–Crippen MR) is 61.7 cm³/mol. The van der Waals surface area contributed by atoms with Gasteiger partial charge in [0.2, 0.25) is 0 Å². The van der Waals surface area contributed by atoms with Gasteiger partial charge in [-0.15, -0.1) is 18.5 Å². The van der Waals surface area contributed by atoms with Gasteiger partial charge < -0.3 is 0 Å². The average molecular weight is 202 g/mol. The Balaban J connectivity index is 1.98. The summed E-state index contributed by atoms with van der Waals surface area (Å²) in [7, 11) is 6.15. The van der Waals surface area contributed by atoms with E-state index in [1.807, 2.05) is 0 Å². The highest BCUT2D eigenvalue weighted by Gasteiger charge is 2.36. The van der Waals surface area contributed by atoms with Crippen LogP contribution in [-0.4, -0.2) is 11.3 Å². The normalized spacial score (nSPS) is 48.5. The molecule has 0 aromatic rings. The van der Waals surface area contributed by atoms with Crippen LogP contribution in [0, 0.1) is 11.8 Å². The molecule has 2 unspecified atom stereocenters. The molecule has 0 aromatic heterocycles. The van der Waals surface area contributed by atoms with Gasteiger partial charge in [0.15, 0.2) is 0 Å². The predicted octanol–water partition coefficient (Wildman–Crippen LogP) is 3.07. The minimum Gasteiger partial charge on any atom is -0.134 e. The molecule has 2 heteroatoms. The molecule has 0 saturated heterocycles. The van der Waals surface area contributed by atoms with Crippen LogP contribution < -0.4 is 0 Å². The first kappa shape index (κ1) is 9.42. The Hall–Kier alpha value is 0.860. The van der Waals surface area contributed by atoms with Crippen LogP contribution in [-0.2, 0) is 0 Å². The molecule has 0 aromatic carbocycles. The lowest BCUT2D eigenvalue weighted by atomic mass is 9.89. The maximum Gasteiger partial charge on any atom is -0.0233 e. The highest BCUT2D eigenvalue weighted by molar-refractivity contribution is 7.18. The van der Waals surface area contributed by atoms with Crippen LogP contribution in [0.3, 0.4) is 0 Å². The molecule has 0 bridgehead atoms.